The van der Waals surface area contributed by atoms with Crippen LogP contribution in [0.25, 0.3) is 0 Å². The number of hydrogen-bond donors (Lipinski definition) is 2. The Hall–Kier alpha value is -1.75. The van der Waals surface area contributed by atoms with Crippen LogP contribution < -0.4 is 15.4 Å². The lowest BCUT2D eigenvalue weighted by atomic mass is 10.1. The third-order valence-electron chi connectivity index (χ3n) is 3.57. The zero-order chi connectivity index (χ0) is 15.9. The maximum absolute atomic E-state index is 11.8. The molecule has 0 atom stereocenters. The molecule has 5 heteroatoms. The van der Waals surface area contributed by atoms with E-state index >= 15 is 0 Å². The molecule has 0 aliphatic carbocycles. The predicted molar refractivity (Wildman–Crippen MR) is 87.5 cm³/mol. The van der Waals surface area contributed by atoms with Gasteiger partial charge in [0.05, 0.1) is 13.2 Å². The molecule has 2 rings (SSSR count). The quantitative estimate of drug-likeness (QED) is 0.877. The molecule has 5 nitrogen and oxygen atoms in total. The van der Waals surface area contributed by atoms with Crippen LogP contribution in [-0.2, 0) is 4.74 Å². The Morgan fingerprint density at radius 3 is 2.73 bits per heavy atom. The molecule has 1 aliphatic rings. The zero-order valence-corrected chi connectivity index (χ0v) is 13.6. The highest BCUT2D eigenvalue weighted by Crippen LogP contribution is 2.25. The summed E-state index contributed by atoms with van der Waals surface area (Å²) in [6, 6.07) is 5.55. The van der Waals surface area contributed by atoms with E-state index in [4.69, 9.17) is 9.47 Å². The van der Waals surface area contributed by atoms with E-state index < -0.39 is 0 Å². The fraction of sp³-hybridized carbons (Fsp3) is 0.588. The van der Waals surface area contributed by atoms with Crippen molar-refractivity contribution in [2.24, 2.45) is 5.92 Å². The largest absolute Gasteiger partial charge is 0.490 e. The number of carbonyl (C=O) groups is 1. The van der Waals surface area contributed by atoms with E-state index in [-0.39, 0.29) is 12.1 Å². The summed E-state index contributed by atoms with van der Waals surface area (Å²) in [5.74, 6) is 1.31. The smallest absolute Gasteiger partial charge is 0.319 e. The van der Waals surface area contributed by atoms with Crippen LogP contribution in [0.3, 0.4) is 0 Å². The Labute approximate surface area is 132 Å². The van der Waals surface area contributed by atoms with E-state index in [9.17, 15) is 4.79 Å². The molecule has 1 saturated heterocycles. The molecule has 0 spiro atoms. The van der Waals surface area contributed by atoms with E-state index in [1.165, 1.54) is 0 Å². The third kappa shape index (κ3) is 5.22. The van der Waals surface area contributed by atoms with Crippen molar-refractivity contribution in [2.45, 2.75) is 39.7 Å². The molecule has 22 heavy (non-hydrogen) atoms. The molecule has 1 aliphatic heterocycles. The van der Waals surface area contributed by atoms with Crippen LogP contribution in [0.1, 0.15) is 32.3 Å². The summed E-state index contributed by atoms with van der Waals surface area (Å²) in [5, 5.41) is 5.68. The molecule has 2 amide bonds. The van der Waals surface area contributed by atoms with E-state index in [1.807, 2.05) is 25.1 Å². The van der Waals surface area contributed by atoms with Gasteiger partial charge in [-0.3, -0.25) is 0 Å². The molecular formula is C17H26N2O3. The molecule has 122 valence electrons. The van der Waals surface area contributed by atoms with Crippen molar-refractivity contribution in [3.63, 3.8) is 0 Å². The van der Waals surface area contributed by atoms with Crippen LogP contribution in [-0.4, -0.2) is 31.9 Å². The van der Waals surface area contributed by atoms with Gasteiger partial charge in [0.25, 0.3) is 0 Å². The summed E-state index contributed by atoms with van der Waals surface area (Å²) in [4.78, 5) is 11.8. The number of carbonyl (C=O) groups excluding carboxylic acids is 1. The van der Waals surface area contributed by atoms with E-state index in [1.54, 1.807) is 0 Å². The Kier molecular flexibility index (Phi) is 6.07. The van der Waals surface area contributed by atoms with Crippen LogP contribution in [0.15, 0.2) is 18.2 Å². The lowest BCUT2D eigenvalue weighted by molar-refractivity contribution is 0.0253. The predicted octanol–water partition coefficient (Wildman–Crippen LogP) is 3.33. The summed E-state index contributed by atoms with van der Waals surface area (Å²) < 4.78 is 11.4. The Bertz CT molecular complexity index is 497. The summed E-state index contributed by atoms with van der Waals surface area (Å²) in [6.07, 6.45) is 2.08. The molecule has 1 fully saturated rings. The summed E-state index contributed by atoms with van der Waals surface area (Å²) in [6.45, 7) is 8.31. The molecule has 1 aromatic carbocycles. The van der Waals surface area contributed by atoms with Crippen molar-refractivity contribution in [2.75, 3.05) is 25.1 Å². The number of hydrogen-bond acceptors (Lipinski definition) is 3. The second-order valence-electron chi connectivity index (χ2n) is 6.14. The van der Waals surface area contributed by atoms with Gasteiger partial charge >= 0.3 is 6.03 Å². The standard InChI is InChI=1S/C17H26N2O3/c1-12(2)11-18-17(20)19-14-4-5-16(13(3)10-14)22-15-6-8-21-9-7-15/h4-5,10,12,15H,6-9,11H2,1-3H3,(H2,18,19,20). The van der Waals surface area contributed by atoms with Crippen LogP contribution in [0.5, 0.6) is 5.75 Å². The maximum atomic E-state index is 11.8. The van der Waals surface area contributed by atoms with Gasteiger partial charge in [-0.1, -0.05) is 13.8 Å². The van der Waals surface area contributed by atoms with Gasteiger partial charge in [-0.25, -0.2) is 4.79 Å². The summed E-state index contributed by atoms with van der Waals surface area (Å²) in [7, 11) is 0. The van der Waals surface area contributed by atoms with Crippen LogP contribution >= 0.6 is 0 Å². The first-order chi connectivity index (χ1) is 10.5. The van der Waals surface area contributed by atoms with Crippen molar-refractivity contribution in [3.05, 3.63) is 23.8 Å². The minimum absolute atomic E-state index is 0.175. The first kappa shape index (κ1) is 16.6. The van der Waals surface area contributed by atoms with Gasteiger partial charge < -0.3 is 20.1 Å². The number of amides is 2. The average molecular weight is 306 g/mol. The Morgan fingerprint density at radius 2 is 2.09 bits per heavy atom. The zero-order valence-electron chi connectivity index (χ0n) is 13.6. The lowest BCUT2D eigenvalue weighted by Gasteiger charge is -2.24. The van der Waals surface area contributed by atoms with E-state index in [0.717, 1.165) is 43.1 Å². The van der Waals surface area contributed by atoms with Crippen molar-refractivity contribution in [3.8, 4) is 5.75 Å². The van der Waals surface area contributed by atoms with Gasteiger partial charge in [0.2, 0.25) is 0 Å². The highest BCUT2D eigenvalue weighted by molar-refractivity contribution is 5.89. The number of aryl methyl sites for hydroxylation is 1. The number of anilines is 1. The number of nitrogens with one attached hydrogen (secondary N) is 2. The number of rotatable bonds is 5. The Morgan fingerprint density at radius 1 is 1.36 bits per heavy atom. The fourth-order valence-corrected chi connectivity index (χ4v) is 2.30. The molecule has 1 aromatic rings. The van der Waals surface area contributed by atoms with Gasteiger partial charge in [-0.05, 0) is 36.6 Å². The van der Waals surface area contributed by atoms with E-state index in [0.29, 0.717) is 12.5 Å². The average Bonchev–Trinajstić information content (AvgIpc) is 2.49. The normalized spacial score (nSPS) is 15.6. The number of benzene rings is 1. The maximum Gasteiger partial charge on any atom is 0.319 e. The molecule has 0 saturated carbocycles. The van der Waals surface area contributed by atoms with Gasteiger partial charge in [-0.15, -0.1) is 0 Å². The van der Waals surface area contributed by atoms with Gasteiger partial charge in [0.15, 0.2) is 0 Å². The lowest BCUT2D eigenvalue weighted by Crippen LogP contribution is -2.31. The van der Waals surface area contributed by atoms with Crippen LogP contribution in [0, 0.1) is 12.8 Å². The van der Waals surface area contributed by atoms with Crippen LogP contribution in [0.4, 0.5) is 10.5 Å². The van der Waals surface area contributed by atoms with Crippen molar-refractivity contribution >= 4 is 11.7 Å². The SMILES string of the molecule is Cc1cc(NC(=O)NCC(C)C)ccc1OC1CCOCC1. The molecule has 0 aromatic heterocycles. The minimum Gasteiger partial charge on any atom is -0.490 e. The Balaban J connectivity index is 1.89. The van der Waals surface area contributed by atoms with Gasteiger partial charge in [0.1, 0.15) is 11.9 Å². The third-order valence-corrected chi connectivity index (χ3v) is 3.57. The first-order valence-corrected chi connectivity index (χ1v) is 7.94. The van der Waals surface area contributed by atoms with Crippen molar-refractivity contribution in [1.29, 1.82) is 0 Å². The van der Waals surface area contributed by atoms with Crippen molar-refractivity contribution in [1.82, 2.24) is 5.32 Å². The second kappa shape index (κ2) is 8.03. The first-order valence-electron chi connectivity index (χ1n) is 7.94. The molecule has 1 heterocycles. The molecular weight excluding hydrogens is 280 g/mol. The monoisotopic (exact) mass is 306 g/mol. The summed E-state index contributed by atoms with van der Waals surface area (Å²) >= 11 is 0. The molecule has 0 bridgehead atoms. The molecule has 0 unspecified atom stereocenters. The van der Waals surface area contributed by atoms with E-state index in [2.05, 4.69) is 24.5 Å². The highest BCUT2D eigenvalue weighted by Gasteiger charge is 2.16. The topological polar surface area (TPSA) is 59.6 Å². The van der Waals surface area contributed by atoms with Crippen LogP contribution in [0.2, 0.25) is 0 Å². The number of ether oxygens (including phenoxy) is 2. The van der Waals surface area contributed by atoms with Gasteiger partial charge in [0, 0.05) is 25.1 Å². The minimum atomic E-state index is -0.175. The number of urea groups is 1. The molecule has 0 radical (unpaired) electrons. The second-order valence-corrected chi connectivity index (χ2v) is 6.14. The summed E-state index contributed by atoms with van der Waals surface area (Å²) in [5.41, 5.74) is 1.80. The van der Waals surface area contributed by atoms with Gasteiger partial charge in [-0.2, -0.15) is 0 Å². The fourth-order valence-electron chi connectivity index (χ4n) is 2.30. The molecule has 2 N–H and O–H groups in total. The van der Waals surface area contributed by atoms with Crippen molar-refractivity contribution < 1.29 is 14.3 Å². The highest BCUT2D eigenvalue weighted by atomic mass is 16.5.